The number of hydrogen-bond donors (Lipinski definition) is 1. The fourth-order valence-electron chi connectivity index (χ4n) is 1.67. The Bertz CT molecular complexity index is 286. The summed E-state index contributed by atoms with van der Waals surface area (Å²) in [5, 5.41) is 7.05. The minimum absolute atomic E-state index is 0.767. The predicted octanol–water partition coefficient (Wildman–Crippen LogP) is 2.02. The highest BCUT2D eigenvalue weighted by Crippen LogP contribution is 2.07. The van der Waals surface area contributed by atoms with Crippen LogP contribution >= 0.6 is 0 Å². The molecule has 0 amide bonds. The lowest BCUT2D eigenvalue weighted by atomic mass is 10.2. The van der Waals surface area contributed by atoms with E-state index in [1.54, 1.807) is 0 Å². The highest BCUT2D eigenvalue weighted by Gasteiger charge is 2.06. The molecule has 92 valence electrons. The largest absolute Gasteiger partial charge is 0.360 e. The van der Waals surface area contributed by atoms with E-state index in [2.05, 4.69) is 29.3 Å². The molecule has 1 rings (SSSR count). The van der Waals surface area contributed by atoms with Crippen molar-refractivity contribution in [3.05, 3.63) is 17.5 Å². The molecule has 4 heteroatoms. The Balaban J connectivity index is 2.28. The molecule has 0 aliphatic heterocycles. The predicted molar refractivity (Wildman–Crippen MR) is 65.1 cm³/mol. The number of unbranched alkanes of at least 4 members (excludes halogenated alkanes) is 2. The van der Waals surface area contributed by atoms with Crippen molar-refractivity contribution in [1.29, 1.82) is 0 Å². The van der Waals surface area contributed by atoms with Gasteiger partial charge in [0.2, 0.25) is 0 Å². The van der Waals surface area contributed by atoms with E-state index in [1.807, 2.05) is 13.1 Å². The lowest BCUT2D eigenvalue weighted by Crippen LogP contribution is -2.18. The number of nitrogens with one attached hydrogen (secondary N) is 1. The van der Waals surface area contributed by atoms with Gasteiger partial charge in [-0.05, 0) is 27.1 Å². The molecule has 0 atom stereocenters. The van der Waals surface area contributed by atoms with Crippen LogP contribution in [-0.4, -0.2) is 30.7 Å². The summed E-state index contributed by atoms with van der Waals surface area (Å²) in [6, 6.07) is 2.02. The normalized spacial score (nSPS) is 11.2. The molecule has 0 spiro atoms. The van der Waals surface area contributed by atoms with E-state index in [-0.39, 0.29) is 0 Å². The molecule has 0 unspecified atom stereocenters. The highest BCUT2D eigenvalue weighted by molar-refractivity contribution is 5.04. The molecule has 1 aromatic rings. The third-order valence-corrected chi connectivity index (χ3v) is 2.53. The van der Waals surface area contributed by atoms with Gasteiger partial charge < -0.3 is 9.84 Å². The van der Waals surface area contributed by atoms with Crippen molar-refractivity contribution in [2.24, 2.45) is 0 Å². The van der Waals surface area contributed by atoms with E-state index < -0.39 is 0 Å². The van der Waals surface area contributed by atoms with Gasteiger partial charge in [0, 0.05) is 12.6 Å². The molecular weight excluding hydrogens is 202 g/mol. The Morgan fingerprint density at radius 1 is 1.44 bits per heavy atom. The zero-order valence-corrected chi connectivity index (χ0v) is 10.6. The van der Waals surface area contributed by atoms with E-state index in [9.17, 15) is 0 Å². The second-order valence-corrected chi connectivity index (χ2v) is 4.26. The fraction of sp³-hybridized carbons (Fsp3) is 0.750. The fourth-order valence-corrected chi connectivity index (χ4v) is 1.67. The van der Waals surface area contributed by atoms with Crippen LogP contribution in [0.5, 0.6) is 0 Å². The van der Waals surface area contributed by atoms with Gasteiger partial charge in [-0.15, -0.1) is 0 Å². The second kappa shape index (κ2) is 7.41. The van der Waals surface area contributed by atoms with E-state index in [1.165, 1.54) is 19.3 Å². The van der Waals surface area contributed by atoms with Crippen LogP contribution in [0.4, 0.5) is 0 Å². The zero-order chi connectivity index (χ0) is 11.8. The van der Waals surface area contributed by atoms with Gasteiger partial charge in [0.05, 0.1) is 12.2 Å². The van der Waals surface area contributed by atoms with Gasteiger partial charge in [0.25, 0.3) is 0 Å². The number of hydrogen-bond acceptors (Lipinski definition) is 4. The Morgan fingerprint density at radius 3 is 2.94 bits per heavy atom. The average Bonchev–Trinajstić information content (AvgIpc) is 2.66. The summed E-state index contributed by atoms with van der Waals surface area (Å²) < 4.78 is 5.26. The second-order valence-electron chi connectivity index (χ2n) is 4.26. The molecule has 0 radical (unpaired) electrons. The van der Waals surface area contributed by atoms with Crippen molar-refractivity contribution in [3.8, 4) is 0 Å². The first-order chi connectivity index (χ1) is 7.76. The lowest BCUT2D eigenvalue weighted by Gasteiger charge is -2.13. The molecule has 0 aliphatic carbocycles. The van der Waals surface area contributed by atoms with E-state index in [0.29, 0.717) is 0 Å². The molecule has 0 fully saturated rings. The number of nitrogens with zero attached hydrogens (tertiary/aromatic N) is 2. The van der Waals surface area contributed by atoms with Crippen LogP contribution in [0.2, 0.25) is 0 Å². The van der Waals surface area contributed by atoms with Crippen LogP contribution in [0.1, 0.15) is 37.6 Å². The summed E-state index contributed by atoms with van der Waals surface area (Å²) >= 11 is 0. The van der Waals surface area contributed by atoms with Gasteiger partial charge in [-0.2, -0.15) is 0 Å². The summed E-state index contributed by atoms with van der Waals surface area (Å²) in [7, 11) is 4.03. The van der Waals surface area contributed by atoms with Crippen molar-refractivity contribution in [3.63, 3.8) is 0 Å². The molecule has 16 heavy (non-hydrogen) atoms. The monoisotopic (exact) mass is 225 g/mol. The molecule has 0 aliphatic rings. The maximum atomic E-state index is 5.26. The van der Waals surface area contributed by atoms with Crippen molar-refractivity contribution < 1.29 is 4.52 Å². The molecule has 1 aromatic heterocycles. The Hall–Kier alpha value is -0.870. The quantitative estimate of drug-likeness (QED) is 0.687. The van der Waals surface area contributed by atoms with Gasteiger partial charge in [-0.1, -0.05) is 24.9 Å². The van der Waals surface area contributed by atoms with Crippen LogP contribution < -0.4 is 5.32 Å². The van der Waals surface area contributed by atoms with Crippen molar-refractivity contribution in [2.45, 2.75) is 39.3 Å². The van der Waals surface area contributed by atoms with Crippen LogP contribution in [-0.2, 0) is 13.1 Å². The first-order valence-corrected chi connectivity index (χ1v) is 6.04. The Labute approximate surface area is 98.0 Å². The minimum atomic E-state index is 0.767. The molecule has 4 nitrogen and oxygen atoms in total. The zero-order valence-electron chi connectivity index (χ0n) is 10.6. The van der Waals surface area contributed by atoms with Gasteiger partial charge in [0.1, 0.15) is 0 Å². The average molecular weight is 225 g/mol. The molecule has 1 heterocycles. The third-order valence-electron chi connectivity index (χ3n) is 2.53. The summed E-state index contributed by atoms with van der Waals surface area (Å²) in [6.07, 6.45) is 3.82. The van der Waals surface area contributed by atoms with Gasteiger partial charge in [-0.3, -0.25) is 4.90 Å². The highest BCUT2D eigenvalue weighted by atomic mass is 16.5. The summed E-state index contributed by atoms with van der Waals surface area (Å²) in [6.45, 7) is 4.96. The molecule has 0 saturated carbocycles. The van der Waals surface area contributed by atoms with Crippen LogP contribution in [0.3, 0.4) is 0 Å². The van der Waals surface area contributed by atoms with Gasteiger partial charge in [-0.25, -0.2) is 0 Å². The summed E-state index contributed by atoms with van der Waals surface area (Å²) in [4.78, 5) is 2.28. The maximum absolute atomic E-state index is 5.26. The summed E-state index contributed by atoms with van der Waals surface area (Å²) in [5.41, 5.74) is 0.972. The van der Waals surface area contributed by atoms with Crippen molar-refractivity contribution in [2.75, 3.05) is 20.6 Å². The molecule has 0 bridgehead atoms. The first kappa shape index (κ1) is 13.2. The van der Waals surface area contributed by atoms with E-state index >= 15 is 0 Å². The standard InChI is InChI=1S/C12H23N3O/c1-4-5-6-7-15(3)10-12-8-11(9-13-2)14-16-12/h8,13H,4-7,9-10H2,1-3H3. The number of aromatic nitrogens is 1. The molecule has 0 aromatic carbocycles. The van der Waals surface area contributed by atoms with Crippen LogP contribution in [0, 0.1) is 0 Å². The minimum Gasteiger partial charge on any atom is -0.360 e. The van der Waals surface area contributed by atoms with Gasteiger partial charge in [0.15, 0.2) is 5.76 Å². The molecule has 0 saturated heterocycles. The lowest BCUT2D eigenvalue weighted by molar-refractivity contribution is 0.267. The summed E-state index contributed by atoms with van der Waals surface area (Å²) in [5.74, 6) is 0.948. The SMILES string of the molecule is CCCCCN(C)Cc1cc(CNC)no1. The van der Waals surface area contributed by atoms with E-state index in [4.69, 9.17) is 4.52 Å². The van der Waals surface area contributed by atoms with E-state index in [0.717, 1.165) is 31.1 Å². The van der Waals surface area contributed by atoms with Crippen LogP contribution in [0.15, 0.2) is 10.6 Å². The van der Waals surface area contributed by atoms with Crippen LogP contribution in [0.25, 0.3) is 0 Å². The van der Waals surface area contributed by atoms with Gasteiger partial charge >= 0.3 is 0 Å². The Morgan fingerprint density at radius 2 is 2.25 bits per heavy atom. The number of rotatable bonds is 8. The van der Waals surface area contributed by atoms with Crippen molar-refractivity contribution in [1.82, 2.24) is 15.4 Å². The third kappa shape index (κ3) is 4.77. The molecule has 1 N–H and O–H groups in total. The maximum Gasteiger partial charge on any atom is 0.151 e. The topological polar surface area (TPSA) is 41.3 Å². The smallest absolute Gasteiger partial charge is 0.151 e. The van der Waals surface area contributed by atoms with Crippen molar-refractivity contribution >= 4 is 0 Å². The first-order valence-electron chi connectivity index (χ1n) is 6.04. The molecular formula is C12H23N3O. The Kier molecular flexibility index (Phi) is 6.11.